The van der Waals surface area contributed by atoms with Crippen LogP contribution >= 0.6 is 0 Å². The van der Waals surface area contributed by atoms with Gasteiger partial charge in [-0.3, -0.25) is 4.79 Å². The molecule has 5 aliphatic rings. The largest absolute Gasteiger partial charge is 0.463 e. The van der Waals surface area contributed by atoms with Gasteiger partial charge in [0.2, 0.25) is 0 Å². The summed E-state index contributed by atoms with van der Waals surface area (Å²) in [5, 5.41) is 0. The summed E-state index contributed by atoms with van der Waals surface area (Å²) < 4.78 is 5.61. The molecule has 1 spiro atoms. The normalized spacial score (nSPS) is 52.4. The fourth-order valence-corrected chi connectivity index (χ4v) is 8.75. The number of ether oxygens (including phenoxy) is 1. The summed E-state index contributed by atoms with van der Waals surface area (Å²) in [5.74, 6) is 4.52. The summed E-state index contributed by atoms with van der Waals surface area (Å²) in [7, 11) is 0. The van der Waals surface area contributed by atoms with Gasteiger partial charge >= 0.3 is 5.97 Å². The van der Waals surface area contributed by atoms with Crippen LogP contribution in [0.1, 0.15) is 84.5 Å². The van der Waals surface area contributed by atoms with Crippen LogP contribution in [-0.2, 0) is 9.53 Å². The van der Waals surface area contributed by atoms with E-state index in [0.29, 0.717) is 10.8 Å². The molecule has 0 bridgehead atoms. The van der Waals surface area contributed by atoms with Gasteiger partial charge in [-0.1, -0.05) is 19.1 Å². The molecule has 0 saturated heterocycles. The van der Waals surface area contributed by atoms with Gasteiger partial charge in [-0.25, -0.2) is 0 Å². The Hall–Kier alpha value is -0.790. The predicted octanol–water partition coefficient (Wildman–Crippen LogP) is 5.91. The summed E-state index contributed by atoms with van der Waals surface area (Å²) in [4.78, 5) is 11.4. The highest BCUT2D eigenvalue weighted by Gasteiger charge is 2.61. The molecule has 26 heavy (non-hydrogen) atoms. The first-order valence-corrected chi connectivity index (χ1v) is 11.4. The molecule has 5 rings (SSSR count). The van der Waals surface area contributed by atoms with E-state index >= 15 is 0 Å². The quantitative estimate of drug-likeness (QED) is 0.431. The van der Waals surface area contributed by atoms with Gasteiger partial charge in [0.1, 0.15) is 6.10 Å². The molecule has 4 fully saturated rings. The van der Waals surface area contributed by atoms with Crippen molar-refractivity contribution in [2.45, 2.75) is 90.6 Å². The lowest BCUT2D eigenvalue weighted by molar-refractivity contribution is -0.159. The molecule has 144 valence electrons. The molecule has 0 radical (unpaired) electrons. The van der Waals surface area contributed by atoms with Gasteiger partial charge in [-0.15, -0.1) is 0 Å². The number of hydrogen-bond acceptors (Lipinski definition) is 2. The van der Waals surface area contributed by atoms with Crippen LogP contribution in [0.15, 0.2) is 12.2 Å². The number of carbonyl (C=O) groups is 1. The Bertz CT molecular complexity index is 609. The first-order valence-electron chi connectivity index (χ1n) is 11.4. The number of hydrogen-bond donors (Lipinski definition) is 0. The molecule has 0 aromatic heterocycles. The average Bonchev–Trinajstić information content (AvgIpc) is 3.01. The summed E-state index contributed by atoms with van der Waals surface area (Å²) >= 11 is 0. The number of esters is 1. The lowest BCUT2D eigenvalue weighted by atomic mass is 9.44. The fraction of sp³-hybridized carbons (Fsp3) is 0.875. The minimum Gasteiger partial charge on any atom is -0.463 e. The van der Waals surface area contributed by atoms with Crippen molar-refractivity contribution in [2.24, 2.45) is 40.4 Å². The third-order valence-electron chi connectivity index (χ3n) is 9.82. The van der Waals surface area contributed by atoms with Crippen molar-refractivity contribution in [3.63, 3.8) is 0 Å². The minimum absolute atomic E-state index is 0.0898. The lowest BCUT2D eigenvalue weighted by Crippen LogP contribution is -2.54. The highest BCUT2D eigenvalue weighted by molar-refractivity contribution is 5.66. The van der Waals surface area contributed by atoms with Crippen LogP contribution in [0.3, 0.4) is 0 Å². The van der Waals surface area contributed by atoms with Crippen molar-refractivity contribution in [1.82, 2.24) is 0 Å². The zero-order valence-electron chi connectivity index (χ0n) is 16.7. The lowest BCUT2D eigenvalue weighted by Gasteiger charge is -2.61. The average molecular weight is 357 g/mol. The van der Waals surface area contributed by atoms with Crippen molar-refractivity contribution in [2.75, 3.05) is 0 Å². The maximum absolute atomic E-state index is 11.4. The first kappa shape index (κ1) is 17.3. The Morgan fingerprint density at radius 3 is 2.65 bits per heavy atom. The number of fused-ring (bicyclic) bond motifs is 4. The first-order chi connectivity index (χ1) is 12.5. The van der Waals surface area contributed by atoms with E-state index in [2.05, 4.69) is 19.1 Å². The highest BCUT2D eigenvalue weighted by atomic mass is 16.5. The SMILES string of the molecule is CC(=O)O[C@@H]1CC[C@]2(C)C3CC[C@]45C=CCC[C@H]4CCC5C3CC[C@H]2C1. The summed E-state index contributed by atoms with van der Waals surface area (Å²) in [6, 6.07) is 0. The molecule has 8 atom stereocenters. The second-order valence-corrected chi connectivity index (χ2v) is 10.6. The van der Waals surface area contributed by atoms with E-state index < -0.39 is 0 Å². The Labute approximate surface area is 159 Å². The Kier molecular flexibility index (Phi) is 4.07. The Morgan fingerprint density at radius 2 is 1.81 bits per heavy atom. The van der Waals surface area contributed by atoms with Crippen molar-refractivity contribution in [3.05, 3.63) is 12.2 Å². The van der Waals surface area contributed by atoms with E-state index in [1.165, 1.54) is 57.8 Å². The van der Waals surface area contributed by atoms with Gasteiger partial charge in [0.05, 0.1) is 0 Å². The number of carbonyl (C=O) groups excluding carboxylic acids is 1. The van der Waals surface area contributed by atoms with Gasteiger partial charge in [0.25, 0.3) is 0 Å². The summed E-state index contributed by atoms with van der Waals surface area (Å²) in [6.45, 7) is 4.18. The Balaban J connectivity index is 1.38. The zero-order chi connectivity index (χ0) is 17.9. The minimum atomic E-state index is -0.0898. The molecule has 4 saturated carbocycles. The van der Waals surface area contributed by atoms with Crippen LogP contribution in [0.25, 0.3) is 0 Å². The monoisotopic (exact) mass is 356 g/mol. The third-order valence-corrected chi connectivity index (χ3v) is 9.82. The van der Waals surface area contributed by atoms with E-state index in [1.807, 2.05) is 0 Å². The van der Waals surface area contributed by atoms with Gasteiger partial charge in [0, 0.05) is 6.92 Å². The van der Waals surface area contributed by atoms with Crippen LogP contribution < -0.4 is 0 Å². The highest BCUT2D eigenvalue weighted by Crippen LogP contribution is 2.69. The second kappa shape index (κ2) is 6.11. The molecule has 5 aliphatic carbocycles. The van der Waals surface area contributed by atoms with Crippen LogP contribution in [0, 0.1) is 40.4 Å². The molecule has 3 unspecified atom stereocenters. The summed E-state index contributed by atoms with van der Waals surface area (Å²) in [6.07, 6.45) is 20.4. The molecule has 2 nitrogen and oxygen atoms in total. The molecule has 0 aromatic rings. The molecule has 0 aliphatic heterocycles. The number of allylic oxidation sites excluding steroid dienone is 2. The molecule has 0 aromatic carbocycles. The second-order valence-electron chi connectivity index (χ2n) is 10.6. The van der Waals surface area contributed by atoms with E-state index in [4.69, 9.17) is 4.74 Å². The van der Waals surface area contributed by atoms with Crippen LogP contribution in [0.5, 0.6) is 0 Å². The maximum Gasteiger partial charge on any atom is 0.302 e. The Morgan fingerprint density at radius 1 is 0.962 bits per heavy atom. The molecular weight excluding hydrogens is 320 g/mol. The van der Waals surface area contributed by atoms with Crippen molar-refractivity contribution >= 4 is 5.97 Å². The molecule has 0 N–H and O–H groups in total. The molecule has 0 heterocycles. The van der Waals surface area contributed by atoms with E-state index in [9.17, 15) is 4.79 Å². The summed E-state index contributed by atoms with van der Waals surface area (Å²) in [5.41, 5.74) is 1.08. The maximum atomic E-state index is 11.4. The van der Waals surface area contributed by atoms with E-state index in [1.54, 1.807) is 6.92 Å². The van der Waals surface area contributed by atoms with Gasteiger partial charge in [0.15, 0.2) is 0 Å². The van der Waals surface area contributed by atoms with Crippen molar-refractivity contribution < 1.29 is 9.53 Å². The van der Waals surface area contributed by atoms with E-state index in [-0.39, 0.29) is 12.1 Å². The van der Waals surface area contributed by atoms with Crippen LogP contribution in [-0.4, -0.2) is 12.1 Å². The zero-order valence-corrected chi connectivity index (χ0v) is 16.7. The molecular formula is C24H36O2. The topological polar surface area (TPSA) is 26.3 Å². The number of rotatable bonds is 1. The molecule has 0 amide bonds. The van der Waals surface area contributed by atoms with Gasteiger partial charge < -0.3 is 4.74 Å². The van der Waals surface area contributed by atoms with Crippen LogP contribution in [0.2, 0.25) is 0 Å². The third kappa shape index (κ3) is 2.39. The van der Waals surface area contributed by atoms with Crippen molar-refractivity contribution in [3.8, 4) is 0 Å². The van der Waals surface area contributed by atoms with Crippen LogP contribution in [0.4, 0.5) is 0 Å². The van der Waals surface area contributed by atoms with E-state index in [0.717, 1.165) is 42.4 Å². The van der Waals surface area contributed by atoms with Crippen molar-refractivity contribution in [1.29, 1.82) is 0 Å². The predicted molar refractivity (Wildman–Crippen MR) is 103 cm³/mol. The van der Waals surface area contributed by atoms with Gasteiger partial charge in [-0.05, 0) is 111 Å². The van der Waals surface area contributed by atoms with Gasteiger partial charge in [-0.2, -0.15) is 0 Å². The molecule has 2 heteroatoms. The standard InChI is InChI=1S/C24H36O2/c1-16(25)26-19-10-13-23(2)18(15-19)6-8-20-21(23)11-14-24-12-4-3-5-17(24)7-9-22(20)24/h4,12,17-22H,3,5-11,13-15H2,1-2H3/t17-,18-,19+,20?,21?,22?,23-,24+/m0/s1. The smallest absolute Gasteiger partial charge is 0.302 e. The fourth-order valence-electron chi connectivity index (χ4n) is 8.75.